The molecule has 2 fully saturated rings. The fraction of sp³-hybridized carbons (Fsp3) is 0.370. The summed E-state index contributed by atoms with van der Waals surface area (Å²) in [6.07, 6.45) is 3.87. The summed E-state index contributed by atoms with van der Waals surface area (Å²) < 4.78 is 0. The fourth-order valence-electron chi connectivity index (χ4n) is 7.34. The predicted octanol–water partition coefficient (Wildman–Crippen LogP) is 7.30. The van der Waals surface area contributed by atoms with E-state index in [1.54, 1.807) is 17.9 Å². The molecule has 0 spiro atoms. The van der Waals surface area contributed by atoms with Crippen LogP contribution in [0.15, 0.2) is 109 Å². The first-order chi connectivity index (χ1) is 26.4. The molecule has 1 unspecified atom stereocenters. The van der Waals surface area contributed by atoms with E-state index in [0.717, 1.165) is 60.1 Å². The van der Waals surface area contributed by atoms with Crippen LogP contribution < -0.4 is 4.90 Å². The zero-order valence-corrected chi connectivity index (χ0v) is 33.4. The van der Waals surface area contributed by atoms with Gasteiger partial charge in [-0.15, -0.1) is 0 Å². The van der Waals surface area contributed by atoms with E-state index in [-0.39, 0.29) is 29.7 Å². The summed E-state index contributed by atoms with van der Waals surface area (Å²) in [6.45, 7) is 14.8. The van der Waals surface area contributed by atoms with Gasteiger partial charge in [-0.3, -0.25) is 19.3 Å². The summed E-state index contributed by atoms with van der Waals surface area (Å²) in [6, 6.07) is 33.8. The maximum Gasteiger partial charge on any atom is 0.247 e. The van der Waals surface area contributed by atoms with Gasteiger partial charge in [0.2, 0.25) is 17.7 Å². The Morgan fingerprint density at radius 3 is 1.91 bits per heavy atom. The lowest BCUT2D eigenvalue weighted by atomic mass is 9.87. The number of anilines is 1. The second kappa shape index (κ2) is 18.1. The van der Waals surface area contributed by atoms with Crippen molar-refractivity contribution < 1.29 is 14.4 Å². The highest BCUT2D eigenvalue weighted by atomic mass is 35.5. The lowest BCUT2D eigenvalue weighted by Gasteiger charge is -2.39. The predicted molar refractivity (Wildman–Crippen MR) is 223 cm³/mol. The quantitative estimate of drug-likeness (QED) is 0.150. The van der Waals surface area contributed by atoms with Gasteiger partial charge in [-0.25, -0.2) is 0 Å². The molecule has 6 rings (SSSR count). The highest BCUT2D eigenvalue weighted by molar-refractivity contribution is 6.30. The molecule has 0 radical (unpaired) electrons. The van der Waals surface area contributed by atoms with Crippen molar-refractivity contribution in [1.29, 1.82) is 0 Å². The van der Waals surface area contributed by atoms with Crippen LogP contribution in [0.1, 0.15) is 55.5 Å². The molecule has 0 aromatic heterocycles. The van der Waals surface area contributed by atoms with Gasteiger partial charge in [-0.2, -0.15) is 0 Å². The van der Waals surface area contributed by atoms with Gasteiger partial charge in [0.15, 0.2) is 0 Å². The summed E-state index contributed by atoms with van der Waals surface area (Å²) in [5.74, 6) is -0.138. The number of amides is 3. The smallest absolute Gasteiger partial charge is 0.247 e. The van der Waals surface area contributed by atoms with Crippen molar-refractivity contribution in [3.8, 4) is 0 Å². The second-order valence-corrected chi connectivity index (χ2v) is 16.2. The molecule has 288 valence electrons. The van der Waals surface area contributed by atoms with Crippen LogP contribution in [0.2, 0.25) is 5.02 Å². The van der Waals surface area contributed by atoms with E-state index in [1.165, 1.54) is 11.1 Å². The van der Waals surface area contributed by atoms with Crippen LogP contribution in [0.4, 0.5) is 5.69 Å². The van der Waals surface area contributed by atoms with Crippen LogP contribution in [0.3, 0.4) is 0 Å². The lowest BCUT2D eigenvalue weighted by Crippen LogP contribution is -2.56. The van der Waals surface area contributed by atoms with E-state index in [1.807, 2.05) is 82.6 Å². The molecule has 4 aromatic carbocycles. The van der Waals surface area contributed by atoms with Crippen molar-refractivity contribution in [2.45, 2.75) is 58.7 Å². The Morgan fingerprint density at radius 2 is 1.31 bits per heavy atom. The summed E-state index contributed by atoms with van der Waals surface area (Å²) in [4.78, 5) is 51.3. The summed E-state index contributed by atoms with van der Waals surface area (Å²) in [5.41, 5.74) is 6.40. The van der Waals surface area contributed by atoms with Crippen LogP contribution in [-0.4, -0.2) is 95.7 Å². The molecule has 0 bridgehead atoms. The van der Waals surface area contributed by atoms with Crippen molar-refractivity contribution in [3.63, 3.8) is 0 Å². The Kier molecular flexibility index (Phi) is 13.1. The van der Waals surface area contributed by atoms with Crippen molar-refractivity contribution in [3.05, 3.63) is 142 Å². The van der Waals surface area contributed by atoms with E-state index >= 15 is 0 Å². The molecule has 2 heterocycles. The Labute approximate surface area is 332 Å². The topological polar surface area (TPSA) is 67.4 Å². The largest absolute Gasteiger partial charge is 0.368 e. The van der Waals surface area contributed by atoms with Gasteiger partial charge in [-0.05, 0) is 63.6 Å². The average molecular weight is 760 g/mol. The number of halogens is 1. The monoisotopic (exact) mass is 759 g/mol. The molecule has 9 heteroatoms. The number of hydrogen-bond donors (Lipinski definition) is 0. The van der Waals surface area contributed by atoms with Crippen LogP contribution >= 0.6 is 11.6 Å². The molecule has 2 saturated heterocycles. The minimum absolute atomic E-state index is 0.0274. The zero-order valence-electron chi connectivity index (χ0n) is 32.7. The molecule has 8 nitrogen and oxygen atoms in total. The molecule has 4 aromatic rings. The van der Waals surface area contributed by atoms with E-state index in [0.29, 0.717) is 32.6 Å². The molecule has 1 atom stereocenters. The number of hydrogen-bond acceptors (Lipinski definition) is 5. The van der Waals surface area contributed by atoms with E-state index < -0.39 is 6.04 Å². The molecular weight excluding hydrogens is 706 g/mol. The third-order valence-corrected chi connectivity index (χ3v) is 11.0. The molecular formula is C46H54ClN5O3. The second-order valence-electron chi connectivity index (χ2n) is 15.8. The molecule has 0 N–H and O–H groups in total. The maximum absolute atomic E-state index is 14.7. The van der Waals surface area contributed by atoms with Gasteiger partial charge in [0.25, 0.3) is 0 Å². The molecule has 2 aliphatic rings. The van der Waals surface area contributed by atoms with Crippen molar-refractivity contribution in [2.75, 3.05) is 57.3 Å². The van der Waals surface area contributed by atoms with Crippen LogP contribution in [0.25, 0.3) is 6.08 Å². The first-order valence-corrected chi connectivity index (χ1v) is 19.8. The lowest BCUT2D eigenvalue weighted by molar-refractivity contribution is -0.145. The number of nitrogens with zero attached hydrogens (tertiary/aromatic N) is 5. The Morgan fingerprint density at radius 1 is 0.709 bits per heavy atom. The standard InChI is InChI=1S/C46H54ClN5O3/c1-35(53)49-28-30-50(31-29-49)42-21-14-39(15-22-42)34-52(44(54)23-16-36-10-17-40(18-11-36)46(2,3)4)43(32-37-8-6-5-7-9-37)45(55)51-26-24-48(25-27-51)33-38-12-19-41(47)20-13-38/h5-23,43H,24-34H2,1-4H3. The minimum Gasteiger partial charge on any atom is -0.368 e. The Bertz CT molecular complexity index is 1910. The Balaban J connectivity index is 1.25. The van der Waals surface area contributed by atoms with Gasteiger partial charge < -0.3 is 19.6 Å². The molecule has 55 heavy (non-hydrogen) atoms. The summed E-state index contributed by atoms with van der Waals surface area (Å²) in [7, 11) is 0. The summed E-state index contributed by atoms with van der Waals surface area (Å²) in [5, 5.41) is 0.719. The number of benzene rings is 4. The highest BCUT2D eigenvalue weighted by Crippen LogP contribution is 2.24. The average Bonchev–Trinajstić information content (AvgIpc) is 3.19. The van der Waals surface area contributed by atoms with Crippen molar-refractivity contribution in [1.82, 2.24) is 19.6 Å². The summed E-state index contributed by atoms with van der Waals surface area (Å²) >= 11 is 6.12. The Hall–Kier alpha value is -4.92. The molecule has 3 amide bonds. The highest BCUT2D eigenvalue weighted by Gasteiger charge is 2.34. The van der Waals surface area contributed by atoms with Gasteiger partial charge in [0, 0.05) is 95.6 Å². The number of rotatable bonds is 11. The third kappa shape index (κ3) is 10.9. The fourth-order valence-corrected chi connectivity index (χ4v) is 7.47. The van der Waals surface area contributed by atoms with Crippen molar-refractivity contribution in [2.24, 2.45) is 0 Å². The third-order valence-electron chi connectivity index (χ3n) is 10.8. The molecule has 0 aliphatic carbocycles. The van der Waals surface area contributed by atoms with Gasteiger partial charge in [0.1, 0.15) is 6.04 Å². The molecule has 0 saturated carbocycles. The van der Waals surface area contributed by atoms with Crippen LogP contribution in [-0.2, 0) is 39.3 Å². The molecule has 2 aliphatic heterocycles. The number of carbonyl (C=O) groups is 3. The van der Waals surface area contributed by atoms with Gasteiger partial charge in [-0.1, -0.05) is 111 Å². The SMILES string of the molecule is CC(=O)N1CCN(c2ccc(CN(C(=O)C=Cc3ccc(C(C)(C)C)cc3)C(Cc3ccccc3)C(=O)N3CCN(Cc4ccc(Cl)cc4)CC3)cc2)CC1. The van der Waals surface area contributed by atoms with Crippen LogP contribution in [0.5, 0.6) is 0 Å². The zero-order chi connectivity index (χ0) is 39.0. The number of piperazine rings is 2. The number of carbonyl (C=O) groups excluding carboxylic acids is 3. The normalized spacial score (nSPS) is 16.0. The van der Waals surface area contributed by atoms with Crippen molar-refractivity contribution >= 4 is 41.1 Å². The van der Waals surface area contributed by atoms with E-state index in [4.69, 9.17) is 11.6 Å². The van der Waals surface area contributed by atoms with Gasteiger partial charge in [0.05, 0.1) is 0 Å². The maximum atomic E-state index is 14.7. The van der Waals surface area contributed by atoms with E-state index in [9.17, 15) is 14.4 Å². The van der Waals surface area contributed by atoms with E-state index in [2.05, 4.69) is 67.0 Å². The minimum atomic E-state index is -0.704. The van der Waals surface area contributed by atoms with Crippen LogP contribution in [0, 0.1) is 0 Å². The van der Waals surface area contributed by atoms with Gasteiger partial charge >= 0.3 is 0 Å². The first kappa shape index (κ1) is 39.8. The first-order valence-electron chi connectivity index (χ1n) is 19.4.